The highest BCUT2D eigenvalue weighted by molar-refractivity contribution is 6.15. The van der Waals surface area contributed by atoms with Gasteiger partial charge < -0.3 is 24.8 Å². The first-order valence-corrected chi connectivity index (χ1v) is 8.67. The van der Waals surface area contributed by atoms with Gasteiger partial charge >= 0.3 is 11.9 Å². The largest absolute Gasteiger partial charge is 0.457 e. The van der Waals surface area contributed by atoms with Crippen molar-refractivity contribution in [2.75, 3.05) is 12.4 Å². The maximum atomic E-state index is 11.9. The first kappa shape index (κ1) is 19.9. The fourth-order valence-electron chi connectivity index (χ4n) is 2.42. The summed E-state index contributed by atoms with van der Waals surface area (Å²) in [6.07, 6.45) is 2.71. The lowest BCUT2D eigenvalue weighted by atomic mass is 10.2. The molecule has 3 rings (SSSR count). The van der Waals surface area contributed by atoms with Crippen molar-refractivity contribution < 1.29 is 28.6 Å². The number of anilines is 1. The van der Waals surface area contributed by atoms with Crippen molar-refractivity contribution in [3.63, 3.8) is 0 Å². The number of hydrogen-bond acceptors (Lipinski definition) is 8. The van der Waals surface area contributed by atoms with E-state index >= 15 is 0 Å². The van der Waals surface area contributed by atoms with Crippen molar-refractivity contribution in [1.82, 2.24) is 10.3 Å². The third-order valence-corrected chi connectivity index (χ3v) is 3.78. The van der Waals surface area contributed by atoms with Crippen LogP contribution in [0.3, 0.4) is 0 Å². The number of cyclic esters (lactones) is 2. The molecular weight excluding hydrogens is 378 g/mol. The van der Waals surface area contributed by atoms with E-state index in [9.17, 15) is 14.4 Å². The SMILES string of the molecule is CNC(=O)c1cc(Oc2ccc(NC=C3C(=O)OC(C)(C)OC3=O)cc2)ccn1. The predicted molar refractivity (Wildman–Crippen MR) is 102 cm³/mol. The molecule has 150 valence electrons. The average Bonchev–Trinajstić information content (AvgIpc) is 2.67. The number of amides is 1. The molecule has 1 aliphatic heterocycles. The van der Waals surface area contributed by atoms with Crippen LogP contribution in [-0.4, -0.2) is 35.7 Å². The first-order valence-electron chi connectivity index (χ1n) is 8.67. The van der Waals surface area contributed by atoms with E-state index in [1.165, 1.54) is 39.4 Å². The summed E-state index contributed by atoms with van der Waals surface area (Å²) in [5, 5.41) is 5.34. The summed E-state index contributed by atoms with van der Waals surface area (Å²) >= 11 is 0. The summed E-state index contributed by atoms with van der Waals surface area (Å²) in [4.78, 5) is 39.4. The number of ether oxygens (including phenoxy) is 3. The van der Waals surface area contributed by atoms with E-state index in [4.69, 9.17) is 14.2 Å². The van der Waals surface area contributed by atoms with Crippen LogP contribution in [0.25, 0.3) is 0 Å². The van der Waals surface area contributed by atoms with Gasteiger partial charge in [0.2, 0.25) is 0 Å². The van der Waals surface area contributed by atoms with Crippen LogP contribution in [-0.2, 0) is 19.1 Å². The van der Waals surface area contributed by atoms with Crippen LogP contribution in [0.2, 0.25) is 0 Å². The smallest absolute Gasteiger partial charge is 0.350 e. The molecule has 1 aromatic heterocycles. The molecular formula is C20H19N3O6. The van der Waals surface area contributed by atoms with E-state index in [0.717, 1.165) is 0 Å². The van der Waals surface area contributed by atoms with Crippen LogP contribution >= 0.6 is 0 Å². The standard InChI is InChI=1S/C20H19N3O6/c1-20(2)28-18(25)15(19(26)29-20)11-23-12-4-6-13(7-5-12)27-14-8-9-22-16(10-14)17(24)21-3/h4-11,23H,1-3H3,(H,21,24). The Hall–Kier alpha value is -3.88. The van der Waals surface area contributed by atoms with Gasteiger partial charge in [0.05, 0.1) is 0 Å². The number of carbonyl (C=O) groups is 3. The fourth-order valence-corrected chi connectivity index (χ4v) is 2.42. The minimum atomic E-state index is -1.28. The molecule has 2 N–H and O–H groups in total. The van der Waals surface area contributed by atoms with Gasteiger partial charge in [-0.2, -0.15) is 0 Å². The van der Waals surface area contributed by atoms with E-state index in [2.05, 4.69) is 15.6 Å². The maximum Gasteiger partial charge on any atom is 0.350 e. The zero-order chi connectivity index (χ0) is 21.0. The third kappa shape index (κ3) is 4.89. The summed E-state index contributed by atoms with van der Waals surface area (Å²) in [5.41, 5.74) is 0.614. The lowest BCUT2D eigenvalue weighted by Gasteiger charge is -2.29. The number of esters is 2. The summed E-state index contributed by atoms with van der Waals surface area (Å²) in [5.74, 6) is -2.14. The van der Waals surface area contributed by atoms with E-state index < -0.39 is 17.7 Å². The zero-order valence-corrected chi connectivity index (χ0v) is 16.0. The second-order valence-electron chi connectivity index (χ2n) is 6.46. The van der Waals surface area contributed by atoms with Crippen LogP contribution < -0.4 is 15.4 Å². The molecule has 1 aliphatic rings. The molecule has 2 heterocycles. The first-order chi connectivity index (χ1) is 13.8. The molecule has 9 nitrogen and oxygen atoms in total. The highest BCUT2D eigenvalue weighted by atomic mass is 16.7. The number of aromatic nitrogens is 1. The van der Waals surface area contributed by atoms with Crippen molar-refractivity contribution in [2.45, 2.75) is 19.6 Å². The van der Waals surface area contributed by atoms with Gasteiger partial charge in [-0.15, -0.1) is 0 Å². The van der Waals surface area contributed by atoms with Gasteiger partial charge in [0.1, 0.15) is 17.2 Å². The molecule has 2 aromatic rings. The normalized spacial score (nSPS) is 15.1. The topological polar surface area (TPSA) is 116 Å². The van der Waals surface area contributed by atoms with Gasteiger partial charge in [-0.1, -0.05) is 0 Å². The Morgan fingerprint density at radius 2 is 1.72 bits per heavy atom. The number of pyridine rings is 1. The second-order valence-corrected chi connectivity index (χ2v) is 6.46. The molecule has 0 bridgehead atoms. The number of rotatable bonds is 5. The lowest BCUT2D eigenvalue weighted by molar-refractivity contribution is -0.222. The van der Waals surface area contributed by atoms with Crippen LogP contribution in [0, 0.1) is 0 Å². The van der Waals surface area contributed by atoms with E-state index in [1.54, 1.807) is 30.3 Å². The Labute approximate surface area is 166 Å². The summed E-state index contributed by atoms with van der Waals surface area (Å²) in [7, 11) is 1.52. The maximum absolute atomic E-state index is 11.9. The number of carbonyl (C=O) groups excluding carboxylic acids is 3. The van der Waals surface area contributed by atoms with E-state index in [0.29, 0.717) is 17.2 Å². The summed E-state index contributed by atoms with van der Waals surface area (Å²) < 4.78 is 15.8. The Morgan fingerprint density at radius 1 is 1.07 bits per heavy atom. The Bertz CT molecular complexity index is 960. The molecule has 0 saturated carbocycles. The third-order valence-electron chi connectivity index (χ3n) is 3.78. The van der Waals surface area contributed by atoms with Crippen molar-refractivity contribution in [2.24, 2.45) is 0 Å². The van der Waals surface area contributed by atoms with Gasteiger partial charge in [0, 0.05) is 45.0 Å². The Morgan fingerprint density at radius 3 is 2.34 bits per heavy atom. The molecule has 9 heteroatoms. The summed E-state index contributed by atoms with van der Waals surface area (Å²) in [6, 6.07) is 9.90. The highest BCUT2D eigenvalue weighted by Gasteiger charge is 2.38. The molecule has 1 fully saturated rings. The second kappa shape index (κ2) is 8.01. The number of benzene rings is 1. The van der Waals surface area contributed by atoms with Crippen LogP contribution in [0.1, 0.15) is 24.3 Å². The van der Waals surface area contributed by atoms with Crippen LogP contribution in [0.5, 0.6) is 11.5 Å². The molecule has 0 atom stereocenters. The van der Waals surface area contributed by atoms with Gasteiger partial charge in [-0.25, -0.2) is 9.59 Å². The van der Waals surface area contributed by atoms with Gasteiger partial charge in [0.15, 0.2) is 5.57 Å². The highest BCUT2D eigenvalue weighted by Crippen LogP contribution is 2.25. The minimum Gasteiger partial charge on any atom is -0.457 e. The van der Waals surface area contributed by atoms with Crippen molar-refractivity contribution in [3.8, 4) is 11.5 Å². The number of nitrogens with zero attached hydrogens (tertiary/aromatic N) is 1. The zero-order valence-electron chi connectivity index (χ0n) is 16.0. The van der Waals surface area contributed by atoms with Crippen LogP contribution in [0.4, 0.5) is 5.69 Å². The minimum absolute atomic E-state index is 0.233. The molecule has 1 saturated heterocycles. The van der Waals surface area contributed by atoms with E-state index in [-0.39, 0.29) is 17.2 Å². The van der Waals surface area contributed by atoms with Crippen LogP contribution in [0.15, 0.2) is 54.4 Å². The molecule has 0 unspecified atom stereocenters. The Balaban J connectivity index is 1.66. The van der Waals surface area contributed by atoms with Crippen molar-refractivity contribution in [1.29, 1.82) is 0 Å². The quantitative estimate of drug-likeness (QED) is 0.449. The monoisotopic (exact) mass is 397 g/mol. The molecule has 0 spiro atoms. The summed E-state index contributed by atoms with van der Waals surface area (Å²) in [6.45, 7) is 2.96. The lowest BCUT2D eigenvalue weighted by Crippen LogP contribution is -2.42. The Kier molecular flexibility index (Phi) is 5.49. The van der Waals surface area contributed by atoms with Gasteiger partial charge in [0.25, 0.3) is 11.7 Å². The van der Waals surface area contributed by atoms with Crippen molar-refractivity contribution in [3.05, 3.63) is 60.1 Å². The number of hydrogen-bond donors (Lipinski definition) is 2. The van der Waals surface area contributed by atoms with E-state index in [1.807, 2.05) is 0 Å². The molecule has 0 aliphatic carbocycles. The van der Waals surface area contributed by atoms with Gasteiger partial charge in [-0.05, 0) is 30.3 Å². The van der Waals surface area contributed by atoms with Gasteiger partial charge in [-0.3, -0.25) is 9.78 Å². The number of nitrogens with one attached hydrogen (secondary N) is 2. The molecule has 29 heavy (non-hydrogen) atoms. The molecule has 1 aromatic carbocycles. The molecule has 1 amide bonds. The fraction of sp³-hybridized carbons (Fsp3) is 0.200. The van der Waals surface area contributed by atoms with Crippen molar-refractivity contribution >= 4 is 23.5 Å². The molecule has 0 radical (unpaired) electrons. The predicted octanol–water partition coefficient (Wildman–Crippen LogP) is 2.37. The average molecular weight is 397 g/mol.